The Morgan fingerprint density at radius 2 is 1.66 bits per heavy atom. The average molecular weight is 447 g/mol. The van der Waals surface area contributed by atoms with Gasteiger partial charge >= 0.3 is 0 Å². The highest BCUT2D eigenvalue weighted by Gasteiger charge is 2.29. The number of rotatable bonds is 8. The van der Waals surface area contributed by atoms with Crippen molar-refractivity contribution in [2.24, 2.45) is 0 Å². The molecule has 0 aliphatic carbocycles. The molecule has 2 aromatic heterocycles. The minimum Gasteiger partial charge on any atom is -0.469 e. The fraction of sp³-hybridized carbons (Fsp3) is 0.240. The van der Waals surface area contributed by atoms with E-state index in [0.717, 1.165) is 22.6 Å². The predicted octanol–water partition coefficient (Wildman–Crippen LogP) is 5.54. The van der Waals surface area contributed by atoms with Crippen molar-refractivity contribution in [2.45, 2.75) is 31.2 Å². The first-order valence-corrected chi connectivity index (χ1v) is 11.6. The molecule has 6 nitrogen and oxygen atoms in total. The number of aromatic nitrogens is 3. The van der Waals surface area contributed by atoms with Gasteiger partial charge < -0.3 is 9.32 Å². The van der Waals surface area contributed by atoms with Gasteiger partial charge in [0.2, 0.25) is 5.91 Å². The van der Waals surface area contributed by atoms with Gasteiger partial charge in [0.1, 0.15) is 11.0 Å². The number of hydrogen-bond acceptors (Lipinski definition) is 5. The third-order valence-electron chi connectivity index (χ3n) is 5.37. The van der Waals surface area contributed by atoms with E-state index in [1.807, 2.05) is 97.0 Å². The van der Waals surface area contributed by atoms with Crippen molar-refractivity contribution in [2.75, 3.05) is 13.1 Å². The molecule has 0 aliphatic heterocycles. The Morgan fingerprint density at radius 1 is 1.00 bits per heavy atom. The largest absolute Gasteiger partial charge is 0.469 e. The van der Waals surface area contributed by atoms with E-state index in [1.54, 1.807) is 6.26 Å². The molecule has 0 fully saturated rings. The Bertz CT molecular complexity index is 1170. The van der Waals surface area contributed by atoms with Crippen LogP contribution >= 0.6 is 11.8 Å². The van der Waals surface area contributed by atoms with Crippen LogP contribution < -0.4 is 0 Å². The van der Waals surface area contributed by atoms with E-state index in [9.17, 15) is 4.79 Å². The van der Waals surface area contributed by atoms with Crippen molar-refractivity contribution in [1.82, 2.24) is 19.7 Å². The molecule has 7 heteroatoms. The van der Waals surface area contributed by atoms with Gasteiger partial charge in [0.15, 0.2) is 11.0 Å². The maximum absolute atomic E-state index is 13.5. The SMILES string of the molecule is CCN(CC)C(=O)[C@H](Sc1nnc(-c2ccoc2C)n1-c1ccccc1)c1ccccc1. The van der Waals surface area contributed by atoms with E-state index in [4.69, 9.17) is 4.42 Å². The number of likely N-dealkylation sites (N-methyl/N-ethyl adjacent to an activating group) is 1. The van der Waals surface area contributed by atoms with E-state index in [0.29, 0.717) is 24.1 Å². The quantitative estimate of drug-likeness (QED) is 0.333. The van der Waals surface area contributed by atoms with Crippen LogP contribution in [0.3, 0.4) is 0 Å². The lowest BCUT2D eigenvalue weighted by Gasteiger charge is -2.25. The average Bonchev–Trinajstić information content (AvgIpc) is 3.44. The minimum atomic E-state index is -0.430. The first-order valence-electron chi connectivity index (χ1n) is 10.7. The summed E-state index contributed by atoms with van der Waals surface area (Å²) in [5, 5.41) is 9.23. The fourth-order valence-corrected chi connectivity index (χ4v) is 4.78. The molecule has 0 N–H and O–H groups in total. The van der Waals surface area contributed by atoms with Crippen LogP contribution in [0.4, 0.5) is 0 Å². The molecule has 0 saturated heterocycles. The molecule has 32 heavy (non-hydrogen) atoms. The van der Waals surface area contributed by atoms with E-state index >= 15 is 0 Å². The summed E-state index contributed by atoms with van der Waals surface area (Å²) in [6, 6.07) is 21.7. The normalized spacial score (nSPS) is 12.0. The van der Waals surface area contributed by atoms with Crippen LogP contribution in [0.1, 0.15) is 30.4 Å². The molecule has 2 heterocycles. The molecule has 0 spiro atoms. The van der Waals surface area contributed by atoms with Crippen LogP contribution in [-0.2, 0) is 4.79 Å². The number of thioether (sulfide) groups is 1. The van der Waals surface area contributed by atoms with Crippen molar-refractivity contribution < 1.29 is 9.21 Å². The highest BCUT2D eigenvalue weighted by molar-refractivity contribution is 8.00. The van der Waals surface area contributed by atoms with Gasteiger partial charge in [0.05, 0.1) is 11.8 Å². The zero-order chi connectivity index (χ0) is 22.5. The van der Waals surface area contributed by atoms with Gasteiger partial charge in [-0.05, 0) is 44.5 Å². The van der Waals surface area contributed by atoms with Gasteiger partial charge in [0, 0.05) is 18.8 Å². The topological polar surface area (TPSA) is 64.2 Å². The van der Waals surface area contributed by atoms with Crippen LogP contribution in [0.15, 0.2) is 82.6 Å². The monoisotopic (exact) mass is 446 g/mol. The second-order valence-electron chi connectivity index (χ2n) is 7.29. The van der Waals surface area contributed by atoms with Gasteiger partial charge in [0.25, 0.3) is 0 Å². The number of carbonyl (C=O) groups is 1. The minimum absolute atomic E-state index is 0.0647. The summed E-state index contributed by atoms with van der Waals surface area (Å²) in [6.45, 7) is 7.22. The summed E-state index contributed by atoms with van der Waals surface area (Å²) >= 11 is 1.42. The van der Waals surface area contributed by atoms with Crippen LogP contribution in [0, 0.1) is 6.92 Å². The summed E-state index contributed by atoms with van der Waals surface area (Å²) in [7, 11) is 0. The van der Waals surface area contributed by atoms with Crippen LogP contribution in [0.5, 0.6) is 0 Å². The molecule has 0 aliphatic rings. The standard InChI is InChI=1S/C25H26N4O2S/c1-4-28(5-2)24(30)22(19-12-8-6-9-13-19)32-25-27-26-23(21-16-17-31-18(21)3)29(25)20-14-10-7-11-15-20/h6-17,22H,4-5H2,1-3H3/t22-/m1/s1. The maximum Gasteiger partial charge on any atom is 0.240 e. The zero-order valence-electron chi connectivity index (χ0n) is 18.4. The van der Waals surface area contributed by atoms with Crippen LogP contribution in [-0.4, -0.2) is 38.7 Å². The Labute approximate surface area is 192 Å². The number of benzene rings is 2. The molecule has 0 unspecified atom stereocenters. The Morgan fingerprint density at radius 3 is 2.25 bits per heavy atom. The van der Waals surface area contributed by atoms with E-state index in [-0.39, 0.29) is 5.91 Å². The zero-order valence-corrected chi connectivity index (χ0v) is 19.2. The Balaban J connectivity index is 1.82. The van der Waals surface area contributed by atoms with Gasteiger partial charge in [-0.3, -0.25) is 9.36 Å². The number of aryl methyl sites for hydroxylation is 1. The van der Waals surface area contributed by atoms with Crippen molar-refractivity contribution in [3.05, 3.63) is 84.3 Å². The third-order valence-corrected chi connectivity index (χ3v) is 6.56. The molecule has 4 aromatic rings. The fourth-order valence-electron chi connectivity index (χ4n) is 3.64. The van der Waals surface area contributed by atoms with Gasteiger partial charge in [-0.25, -0.2) is 0 Å². The highest BCUT2D eigenvalue weighted by Crippen LogP contribution is 2.39. The number of hydrogen-bond donors (Lipinski definition) is 0. The van der Waals surface area contributed by atoms with Crippen LogP contribution in [0.2, 0.25) is 0 Å². The predicted molar refractivity (Wildman–Crippen MR) is 127 cm³/mol. The summed E-state index contributed by atoms with van der Waals surface area (Å²) < 4.78 is 7.51. The molecule has 0 bridgehead atoms. The molecule has 1 amide bonds. The van der Waals surface area contributed by atoms with Gasteiger partial charge in [-0.1, -0.05) is 60.3 Å². The van der Waals surface area contributed by atoms with Crippen molar-refractivity contribution in [3.8, 4) is 17.1 Å². The molecular formula is C25H26N4O2S. The number of furan rings is 1. The number of carbonyl (C=O) groups excluding carboxylic acids is 1. The number of para-hydroxylation sites is 1. The lowest BCUT2D eigenvalue weighted by Crippen LogP contribution is -2.34. The van der Waals surface area contributed by atoms with Crippen molar-refractivity contribution in [3.63, 3.8) is 0 Å². The van der Waals surface area contributed by atoms with Gasteiger partial charge in [-0.2, -0.15) is 0 Å². The number of amides is 1. The van der Waals surface area contributed by atoms with E-state index < -0.39 is 5.25 Å². The lowest BCUT2D eigenvalue weighted by atomic mass is 10.1. The summed E-state index contributed by atoms with van der Waals surface area (Å²) in [5.41, 5.74) is 2.75. The van der Waals surface area contributed by atoms with Crippen molar-refractivity contribution in [1.29, 1.82) is 0 Å². The van der Waals surface area contributed by atoms with Crippen molar-refractivity contribution >= 4 is 17.7 Å². The lowest BCUT2D eigenvalue weighted by molar-refractivity contribution is -0.130. The molecule has 2 aromatic carbocycles. The molecule has 1 atom stereocenters. The second-order valence-corrected chi connectivity index (χ2v) is 8.36. The molecular weight excluding hydrogens is 420 g/mol. The second kappa shape index (κ2) is 9.87. The summed E-state index contributed by atoms with van der Waals surface area (Å²) in [6.07, 6.45) is 1.65. The van der Waals surface area contributed by atoms with E-state index in [1.165, 1.54) is 11.8 Å². The molecule has 0 radical (unpaired) electrons. The summed E-state index contributed by atoms with van der Waals surface area (Å²) in [4.78, 5) is 15.3. The first-order chi connectivity index (χ1) is 15.6. The maximum atomic E-state index is 13.5. The van der Waals surface area contributed by atoms with Gasteiger partial charge in [-0.15, -0.1) is 10.2 Å². The Kier molecular flexibility index (Phi) is 6.75. The molecule has 0 saturated carbocycles. The Hall–Kier alpha value is -3.32. The third kappa shape index (κ3) is 4.34. The van der Waals surface area contributed by atoms with Crippen LogP contribution in [0.25, 0.3) is 17.1 Å². The first kappa shape index (κ1) is 21.9. The smallest absolute Gasteiger partial charge is 0.240 e. The summed E-state index contributed by atoms with van der Waals surface area (Å²) in [5.74, 6) is 1.52. The number of nitrogens with zero attached hydrogens (tertiary/aromatic N) is 4. The molecule has 164 valence electrons. The molecule has 4 rings (SSSR count). The van der Waals surface area contributed by atoms with E-state index in [2.05, 4.69) is 10.2 Å². The highest BCUT2D eigenvalue weighted by atomic mass is 32.2.